The molecule has 2 atom stereocenters. The van der Waals surface area contributed by atoms with Gasteiger partial charge >= 0.3 is 5.97 Å². The zero-order chi connectivity index (χ0) is 23.3. The van der Waals surface area contributed by atoms with Gasteiger partial charge in [0.1, 0.15) is 11.6 Å². The molecule has 2 aromatic carbocycles. The summed E-state index contributed by atoms with van der Waals surface area (Å²) in [5.41, 5.74) is 2.35. The number of carbonyl (C=O) groups is 1. The predicted octanol–water partition coefficient (Wildman–Crippen LogP) is 5.89. The highest BCUT2D eigenvalue weighted by Crippen LogP contribution is 2.51. The minimum atomic E-state index is -0.802. The van der Waals surface area contributed by atoms with Crippen molar-refractivity contribution < 1.29 is 24.1 Å². The second-order valence-corrected chi connectivity index (χ2v) is 9.59. The molecule has 5 nitrogen and oxygen atoms in total. The maximum atomic E-state index is 13.7. The van der Waals surface area contributed by atoms with Crippen LogP contribution >= 0.6 is 0 Å². The number of benzene rings is 2. The third kappa shape index (κ3) is 3.56. The molecule has 0 amide bonds. The highest BCUT2D eigenvalue weighted by atomic mass is 19.1. The molecule has 2 heterocycles. The van der Waals surface area contributed by atoms with Crippen molar-refractivity contribution in [3.63, 3.8) is 0 Å². The lowest BCUT2D eigenvalue weighted by molar-refractivity contribution is -0.143. The topological polar surface area (TPSA) is 71.7 Å². The number of phenolic OH excluding ortho intramolecular Hbond substituents is 1. The van der Waals surface area contributed by atoms with Crippen molar-refractivity contribution in [3.8, 4) is 11.4 Å². The summed E-state index contributed by atoms with van der Waals surface area (Å²) >= 11 is 0. The van der Waals surface area contributed by atoms with Crippen molar-refractivity contribution in [2.45, 2.75) is 58.0 Å². The van der Waals surface area contributed by atoms with Crippen LogP contribution in [0.25, 0.3) is 16.6 Å². The Labute approximate surface area is 187 Å². The van der Waals surface area contributed by atoms with E-state index in [0.29, 0.717) is 31.3 Å². The summed E-state index contributed by atoms with van der Waals surface area (Å²) in [7, 11) is 0. The molecule has 170 valence electrons. The smallest absolute Gasteiger partial charge is 0.306 e. The quantitative estimate of drug-likeness (QED) is 0.502. The first-order valence-electron chi connectivity index (χ1n) is 11.1. The van der Waals surface area contributed by atoms with E-state index >= 15 is 0 Å². The molecule has 3 aromatic rings. The highest BCUT2D eigenvalue weighted by Gasteiger charge is 2.46. The van der Waals surface area contributed by atoms with Crippen LogP contribution in [-0.2, 0) is 20.5 Å². The summed E-state index contributed by atoms with van der Waals surface area (Å²) in [4.78, 5) is 11.6. The minimum absolute atomic E-state index is 0.150. The molecule has 6 heteroatoms. The molecule has 0 unspecified atom stereocenters. The molecule has 32 heavy (non-hydrogen) atoms. The summed E-state index contributed by atoms with van der Waals surface area (Å²) in [5.74, 6) is -1.41. The number of carboxylic acids is 1. The van der Waals surface area contributed by atoms with Crippen LogP contribution in [-0.4, -0.2) is 27.4 Å². The molecule has 0 aliphatic carbocycles. The fraction of sp³-hybridized carbons (Fsp3) is 0.423. The molecule has 4 rings (SSSR count). The molecular weight excluding hydrogens is 409 g/mol. The first kappa shape index (κ1) is 22.3. The van der Waals surface area contributed by atoms with E-state index in [0.717, 1.165) is 22.5 Å². The van der Waals surface area contributed by atoms with Gasteiger partial charge in [0, 0.05) is 27.7 Å². The van der Waals surface area contributed by atoms with Gasteiger partial charge in [0.05, 0.1) is 23.6 Å². The zero-order valence-electron chi connectivity index (χ0n) is 19.0. The van der Waals surface area contributed by atoms with Gasteiger partial charge in [0.15, 0.2) is 0 Å². The van der Waals surface area contributed by atoms with Gasteiger partial charge in [-0.1, -0.05) is 26.8 Å². The molecule has 0 saturated carbocycles. The molecule has 1 aliphatic rings. The Hall–Kier alpha value is -2.86. The molecule has 0 spiro atoms. The summed E-state index contributed by atoms with van der Waals surface area (Å²) in [6.45, 7) is 8.49. The largest absolute Gasteiger partial charge is 0.507 e. The standard InChI is InChI=1S/C26H30FNO4/c1-5-16(24(30)31)13-14-26(4)22-21-19(7-6-8-20(21)29)28(18-11-9-17(27)10-12-18)23(22)25(2,3)15-32-26/h6-12,16,29H,5,13-15H2,1-4H3,(H,30,31)/t16-,26+/m0/s1. The molecular formula is C26H30FNO4. The SMILES string of the molecule is CC[C@@H](CC[C@@]1(C)OCC(C)(C)c2c1c1c(O)cccc1n2-c1ccc(F)cc1)C(=O)O. The number of halogens is 1. The number of fused-ring (bicyclic) bond motifs is 3. The number of carboxylic acid groups (broad SMARTS) is 1. The Balaban J connectivity index is 1.98. The number of hydrogen-bond donors (Lipinski definition) is 2. The summed E-state index contributed by atoms with van der Waals surface area (Å²) in [5, 5.41) is 21.2. The molecule has 0 radical (unpaired) electrons. The van der Waals surface area contributed by atoms with Crippen molar-refractivity contribution in [1.29, 1.82) is 0 Å². The molecule has 2 N–H and O–H groups in total. The van der Waals surface area contributed by atoms with E-state index in [9.17, 15) is 19.4 Å². The highest BCUT2D eigenvalue weighted by molar-refractivity contribution is 5.94. The van der Waals surface area contributed by atoms with E-state index < -0.39 is 17.5 Å². The zero-order valence-corrected chi connectivity index (χ0v) is 19.0. The van der Waals surface area contributed by atoms with Crippen molar-refractivity contribution in [1.82, 2.24) is 4.57 Å². The molecule has 1 aliphatic heterocycles. The van der Waals surface area contributed by atoms with Gasteiger partial charge in [-0.05, 0) is 62.6 Å². The Morgan fingerprint density at radius 2 is 1.88 bits per heavy atom. The molecule has 0 fully saturated rings. The maximum Gasteiger partial charge on any atom is 0.306 e. The summed E-state index contributed by atoms with van der Waals surface area (Å²) in [6, 6.07) is 11.7. The van der Waals surface area contributed by atoms with Crippen LogP contribution in [0.1, 0.15) is 58.2 Å². The Bertz CT molecular complexity index is 1160. The van der Waals surface area contributed by atoms with Crippen LogP contribution in [0.5, 0.6) is 5.75 Å². The maximum absolute atomic E-state index is 13.7. The fourth-order valence-corrected chi connectivity index (χ4v) is 4.96. The van der Waals surface area contributed by atoms with Gasteiger partial charge < -0.3 is 19.5 Å². The predicted molar refractivity (Wildman–Crippen MR) is 122 cm³/mol. The number of rotatable bonds is 6. The van der Waals surface area contributed by atoms with E-state index in [-0.39, 0.29) is 17.0 Å². The Morgan fingerprint density at radius 1 is 1.19 bits per heavy atom. The van der Waals surface area contributed by atoms with E-state index in [1.54, 1.807) is 24.3 Å². The number of nitrogens with zero attached hydrogens (tertiary/aromatic N) is 1. The second kappa shape index (κ2) is 7.93. The van der Waals surface area contributed by atoms with Crippen molar-refractivity contribution in [3.05, 3.63) is 59.5 Å². The lowest BCUT2D eigenvalue weighted by Gasteiger charge is -2.43. The third-order valence-corrected chi connectivity index (χ3v) is 6.79. The first-order valence-corrected chi connectivity index (χ1v) is 11.1. The van der Waals surface area contributed by atoms with Crippen LogP contribution in [0.2, 0.25) is 0 Å². The van der Waals surface area contributed by atoms with Crippen molar-refractivity contribution in [2.24, 2.45) is 5.92 Å². The number of phenols is 1. The Kier molecular flexibility index (Phi) is 5.53. The molecule has 0 saturated heterocycles. The second-order valence-electron chi connectivity index (χ2n) is 9.59. The minimum Gasteiger partial charge on any atom is -0.507 e. The van der Waals surface area contributed by atoms with Gasteiger partial charge in [0.25, 0.3) is 0 Å². The number of ether oxygens (including phenoxy) is 1. The average molecular weight is 440 g/mol. The summed E-state index contributed by atoms with van der Waals surface area (Å²) in [6.07, 6.45) is 1.53. The lowest BCUT2D eigenvalue weighted by atomic mass is 9.76. The lowest BCUT2D eigenvalue weighted by Crippen LogP contribution is -2.42. The van der Waals surface area contributed by atoms with Crippen LogP contribution in [0.3, 0.4) is 0 Å². The Morgan fingerprint density at radius 3 is 2.50 bits per heavy atom. The average Bonchev–Trinajstić information content (AvgIpc) is 3.11. The number of aromatic nitrogens is 1. The van der Waals surface area contributed by atoms with Crippen LogP contribution < -0.4 is 0 Å². The van der Waals surface area contributed by atoms with E-state index in [1.165, 1.54) is 12.1 Å². The van der Waals surface area contributed by atoms with E-state index in [2.05, 4.69) is 18.4 Å². The normalized spacial score (nSPS) is 20.8. The van der Waals surface area contributed by atoms with Gasteiger partial charge in [-0.15, -0.1) is 0 Å². The monoisotopic (exact) mass is 439 g/mol. The van der Waals surface area contributed by atoms with Crippen LogP contribution in [0.4, 0.5) is 4.39 Å². The van der Waals surface area contributed by atoms with E-state index in [1.807, 2.05) is 19.9 Å². The van der Waals surface area contributed by atoms with Crippen LogP contribution in [0, 0.1) is 11.7 Å². The van der Waals surface area contributed by atoms with Gasteiger partial charge in [-0.3, -0.25) is 4.79 Å². The first-order chi connectivity index (χ1) is 15.1. The number of aromatic hydroxyl groups is 1. The number of hydrogen-bond acceptors (Lipinski definition) is 3. The van der Waals surface area contributed by atoms with Crippen molar-refractivity contribution in [2.75, 3.05) is 6.61 Å². The third-order valence-electron chi connectivity index (χ3n) is 6.79. The van der Waals surface area contributed by atoms with Gasteiger partial charge in [-0.25, -0.2) is 4.39 Å². The number of aliphatic carboxylic acids is 1. The van der Waals surface area contributed by atoms with Crippen LogP contribution in [0.15, 0.2) is 42.5 Å². The molecule has 1 aromatic heterocycles. The van der Waals surface area contributed by atoms with Gasteiger partial charge in [-0.2, -0.15) is 0 Å². The van der Waals surface area contributed by atoms with Gasteiger partial charge in [0.2, 0.25) is 0 Å². The molecule has 0 bridgehead atoms. The van der Waals surface area contributed by atoms with Crippen molar-refractivity contribution >= 4 is 16.9 Å². The van der Waals surface area contributed by atoms with E-state index in [4.69, 9.17) is 4.74 Å². The summed E-state index contributed by atoms with van der Waals surface area (Å²) < 4.78 is 22.2. The fourth-order valence-electron chi connectivity index (χ4n) is 4.96.